The van der Waals surface area contributed by atoms with Gasteiger partial charge in [0.2, 0.25) is 0 Å². The van der Waals surface area contributed by atoms with Crippen LogP contribution in [0.2, 0.25) is 0 Å². The highest BCUT2D eigenvalue weighted by Crippen LogP contribution is 2.27. The number of para-hydroxylation sites is 1. The van der Waals surface area contributed by atoms with Crippen LogP contribution < -0.4 is 10.6 Å². The maximum Gasteiger partial charge on any atom is 0.339 e. The van der Waals surface area contributed by atoms with Crippen LogP contribution in [0.25, 0.3) is 0 Å². The first-order valence-corrected chi connectivity index (χ1v) is 7.48. The fourth-order valence-electron chi connectivity index (χ4n) is 1.60. The number of halogens is 1. The van der Waals surface area contributed by atoms with E-state index in [2.05, 4.69) is 26.6 Å². The van der Waals surface area contributed by atoms with E-state index in [1.54, 1.807) is 0 Å². The summed E-state index contributed by atoms with van der Waals surface area (Å²) in [6, 6.07) is 5.45. The van der Waals surface area contributed by atoms with E-state index in [1.165, 1.54) is 29.5 Å². The molecule has 2 aromatic rings. The lowest BCUT2D eigenvalue weighted by molar-refractivity contribution is 0.0694. The van der Waals surface area contributed by atoms with Gasteiger partial charge in [-0.25, -0.2) is 9.59 Å². The van der Waals surface area contributed by atoms with Crippen LogP contribution in [0.1, 0.15) is 15.2 Å². The molecule has 0 saturated carbocycles. The van der Waals surface area contributed by atoms with Crippen LogP contribution in [0, 0.1) is 0 Å². The molecular formula is C13H11BrN2O4S. The molecule has 8 heteroatoms. The number of carboxylic acid groups (broad SMARTS) is 1. The summed E-state index contributed by atoms with van der Waals surface area (Å²) in [5.74, 6) is -1.74. The first-order valence-electron chi connectivity index (χ1n) is 5.81. The van der Waals surface area contributed by atoms with Crippen molar-refractivity contribution in [2.24, 2.45) is 0 Å². The van der Waals surface area contributed by atoms with Crippen molar-refractivity contribution in [3.63, 3.8) is 0 Å². The van der Waals surface area contributed by atoms with Crippen LogP contribution in [0.5, 0.6) is 5.75 Å². The molecule has 21 heavy (non-hydrogen) atoms. The Morgan fingerprint density at radius 1 is 1.29 bits per heavy atom. The minimum absolute atomic E-state index is 0.0395. The lowest BCUT2D eigenvalue weighted by atomic mass is 10.2. The second-order valence-electron chi connectivity index (χ2n) is 4.01. The summed E-state index contributed by atoms with van der Waals surface area (Å²) in [7, 11) is 0. The standard InChI is InChI=1S/C13H11BrN2O4S/c14-8-4-5-21-10(8)6-15-13(20)16-9-3-1-2-7(11(9)17)12(18)19/h1-5,17H,6H2,(H,18,19)(H2,15,16,20). The van der Waals surface area contributed by atoms with Crippen LogP contribution in [-0.4, -0.2) is 22.2 Å². The van der Waals surface area contributed by atoms with Gasteiger partial charge in [-0.15, -0.1) is 11.3 Å². The molecule has 0 aliphatic heterocycles. The van der Waals surface area contributed by atoms with Crippen molar-refractivity contribution in [3.05, 3.63) is 44.6 Å². The van der Waals surface area contributed by atoms with E-state index < -0.39 is 17.7 Å². The number of aromatic carboxylic acids is 1. The average molecular weight is 371 g/mol. The van der Waals surface area contributed by atoms with Gasteiger partial charge in [0, 0.05) is 9.35 Å². The van der Waals surface area contributed by atoms with E-state index in [1.807, 2.05) is 11.4 Å². The number of carbonyl (C=O) groups excluding carboxylic acids is 1. The Morgan fingerprint density at radius 3 is 2.67 bits per heavy atom. The smallest absolute Gasteiger partial charge is 0.339 e. The molecule has 2 rings (SSSR count). The number of aromatic hydroxyl groups is 1. The van der Waals surface area contributed by atoms with Crippen molar-refractivity contribution in [1.82, 2.24) is 5.32 Å². The van der Waals surface area contributed by atoms with Gasteiger partial charge in [-0.2, -0.15) is 0 Å². The molecule has 4 N–H and O–H groups in total. The maximum absolute atomic E-state index is 11.8. The third-order valence-corrected chi connectivity index (χ3v) is 4.54. The summed E-state index contributed by atoms with van der Waals surface area (Å²) in [6.07, 6.45) is 0. The lowest BCUT2D eigenvalue weighted by Gasteiger charge is -2.10. The summed E-state index contributed by atoms with van der Waals surface area (Å²) in [5, 5.41) is 25.6. The van der Waals surface area contributed by atoms with Gasteiger partial charge in [0.1, 0.15) is 5.56 Å². The molecule has 2 amide bonds. The highest BCUT2D eigenvalue weighted by atomic mass is 79.9. The van der Waals surface area contributed by atoms with Gasteiger partial charge in [0.05, 0.1) is 12.2 Å². The molecule has 1 aromatic heterocycles. The molecule has 1 heterocycles. The number of anilines is 1. The van der Waals surface area contributed by atoms with E-state index in [-0.39, 0.29) is 11.3 Å². The number of rotatable bonds is 4. The van der Waals surface area contributed by atoms with Crippen molar-refractivity contribution in [2.45, 2.75) is 6.54 Å². The van der Waals surface area contributed by atoms with Gasteiger partial charge in [-0.1, -0.05) is 6.07 Å². The number of thiophene rings is 1. The minimum atomic E-state index is -1.26. The number of benzene rings is 1. The predicted octanol–water partition coefficient (Wildman–Crippen LogP) is 3.24. The van der Waals surface area contributed by atoms with Gasteiger partial charge in [-0.05, 0) is 39.5 Å². The van der Waals surface area contributed by atoms with Gasteiger partial charge in [0.15, 0.2) is 5.75 Å². The van der Waals surface area contributed by atoms with Gasteiger partial charge >= 0.3 is 12.0 Å². The Labute approximate surface area is 132 Å². The number of amides is 2. The van der Waals surface area contributed by atoms with Crippen LogP contribution in [0.4, 0.5) is 10.5 Å². The number of urea groups is 1. The van der Waals surface area contributed by atoms with E-state index >= 15 is 0 Å². The summed E-state index contributed by atoms with van der Waals surface area (Å²) in [5.41, 5.74) is -0.230. The zero-order valence-electron chi connectivity index (χ0n) is 10.6. The Hall–Kier alpha value is -2.06. The third-order valence-electron chi connectivity index (χ3n) is 2.62. The monoisotopic (exact) mass is 370 g/mol. The SMILES string of the molecule is O=C(NCc1sccc1Br)Nc1cccc(C(=O)O)c1O. The van der Waals surface area contributed by atoms with Crippen molar-refractivity contribution >= 4 is 45.0 Å². The predicted molar refractivity (Wildman–Crippen MR) is 82.9 cm³/mol. The molecule has 0 bridgehead atoms. The molecule has 0 aliphatic rings. The second-order valence-corrected chi connectivity index (χ2v) is 5.86. The van der Waals surface area contributed by atoms with Crippen molar-refractivity contribution < 1.29 is 19.8 Å². The van der Waals surface area contributed by atoms with E-state index in [9.17, 15) is 14.7 Å². The largest absolute Gasteiger partial charge is 0.505 e. The molecule has 1 aromatic carbocycles. The van der Waals surface area contributed by atoms with E-state index in [0.29, 0.717) is 6.54 Å². The molecule has 0 radical (unpaired) electrons. The summed E-state index contributed by atoms with van der Waals surface area (Å²) in [6.45, 7) is 0.323. The molecule has 0 fully saturated rings. The normalized spacial score (nSPS) is 10.1. The molecule has 0 saturated heterocycles. The van der Waals surface area contributed by atoms with Crippen molar-refractivity contribution in [3.8, 4) is 5.75 Å². The third kappa shape index (κ3) is 3.73. The molecule has 110 valence electrons. The molecule has 0 unspecified atom stereocenters. The number of nitrogens with one attached hydrogen (secondary N) is 2. The number of hydrogen-bond acceptors (Lipinski definition) is 4. The zero-order valence-corrected chi connectivity index (χ0v) is 13.0. The minimum Gasteiger partial charge on any atom is -0.505 e. The van der Waals surface area contributed by atoms with E-state index in [4.69, 9.17) is 5.11 Å². The van der Waals surface area contributed by atoms with Gasteiger partial charge in [0.25, 0.3) is 0 Å². The van der Waals surface area contributed by atoms with Crippen molar-refractivity contribution in [2.75, 3.05) is 5.32 Å². The molecule has 0 atom stereocenters. The number of phenols is 1. The molecule has 6 nitrogen and oxygen atoms in total. The molecule has 0 spiro atoms. The second kappa shape index (κ2) is 6.59. The van der Waals surface area contributed by atoms with Gasteiger partial charge < -0.3 is 20.8 Å². The highest BCUT2D eigenvalue weighted by molar-refractivity contribution is 9.10. The van der Waals surface area contributed by atoms with Crippen LogP contribution in [-0.2, 0) is 6.54 Å². The highest BCUT2D eigenvalue weighted by Gasteiger charge is 2.14. The Kier molecular flexibility index (Phi) is 4.81. The Balaban J connectivity index is 2.01. The molecule has 0 aliphatic carbocycles. The van der Waals surface area contributed by atoms with Crippen molar-refractivity contribution in [1.29, 1.82) is 0 Å². The quantitative estimate of drug-likeness (QED) is 0.620. The number of carboxylic acids is 1. The summed E-state index contributed by atoms with van der Waals surface area (Å²) < 4.78 is 0.906. The summed E-state index contributed by atoms with van der Waals surface area (Å²) >= 11 is 4.84. The Bertz CT molecular complexity index is 687. The fourth-order valence-corrected chi connectivity index (χ4v) is 3.03. The average Bonchev–Trinajstić information content (AvgIpc) is 2.84. The molecular weight excluding hydrogens is 360 g/mol. The fraction of sp³-hybridized carbons (Fsp3) is 0.0769. The number of hydrogen-bond donors (Lipinski definition) is 4. The first-order chi connectivity index (χ1) is 9.99. The van der Waals surface area contributed by atoms with Crippen LogP contribution in [0.15, 0.2) is 34.1 Å². The Morgan fingerprint density at radius 2 is 2.05 bits per heavy atom. The lowest BCUT2D eigenvalue weighted by Crippen LogP contribution is -2.28. The zero-order chi connectivity index (χ0) is 15.4. The maximum atomic E-state index is 11.8. The summed E-state index contributed by atoms with van der Waals surface area (Å²) in [4.78, 5) is 23.6. The number of carbonyl (C=O) groups is 2. The topological polar surface area (TPSA) is 98.7 Å². The van der Waals surface area contributed by atoms with E-state index in [0.717, 1.165) is 9.35 Å². The van der Waals surface area contributed by atoms with Crippen LogP contribution in [0.3, 0.4) is 0 Å². The first kappa shape index (κ1) is 15.3. The van der Waals surface area contributed by atoms with Crippen LogP contribution >= 0.6 is 27.3 Å². The van der Waals surface area contributed by atoms with Gasteiger partial charge in [-0.3, -0.25) is 0 Å².